The van der Waals surface area contributed by atoms with E-state index in [4.69, 9.17) is 5.11 Å². The molecule has 1 aliphatic rings. The number of carboxylic acid groups (broad SMARTS) is 1. The van der Waals surface area contributed by atoms with Crippen molar-refractivity contribution in [3.63, 3.8) is 0 Å². The number of benzene rings is 1. The van der Waals surface area contributed by atoms with E-state index >= 15 is 0 Å². The topological polar surface area (TPSA) is 104 Å². The summed E-state index contributed by atoms with van der Waals surface area (Å²) in [5.74, 6) is -1.92. The number of aliphatic hydroxyl groups is 1. The molecule has 1 saturated heterocycles. The smallest absolute Gasteiger partial charge is 0.326 e. The number of hydrogen-bond acceptors (Lipinski definition) is 5. The maximum absolute atomic E-state index is 13.2. The molecule has 102 valence electrons. The third kappa shape index (κ3) is 2.48. The molecule has 1 aromatic carbocycles. The normalized spacial score (nSPS) is 22.5. The van der Waals surface area contributed by atoms with Gasteiger partial charge in [0, 0.05) is 25.1 Å². The number of aliphatic hydroxyl groups excluding tert-OH is 1. The fourth-order valence-electron chi connectivity index (χ4n) is 2.20. The number of nitro benzene ring substituents is 1. The molecular weight excluding hydrogens is 259 g/mol. The molecule has 7 nitrogen and oxygen atoms in total. The maximum atomic E-state index is 13.2. The van der Waals surface area contributed by atoms with Crippen LogP contribution in [0.2, 0.25) is 0 Å². The summed E-state index contributed by atoms with van der Waals surface area (Å²) in [6, 6.07) is 1.72. The Labute approximate surface area is 107 Å². The summed E-state index contributed by atoms with van der Waals surface area (Å²) in [4.78, 5) is 22.4. The van der Waals surface area contributed by atoms with Gasteiger partial charge in [0.1, 0.15) is 17.5 Å². The number of anilines is 1. The standard InChI is InChI=1S/C11H11FN2O5/c12-6-1-2-8(14(18)19)9(3-6)13-5-7(15)4-10(13)11(16)17/h1-3,7,10,15H,4-5H2,(H,16,17). The van der Waals surface area contributed by atoms with Crippen molar-refractivity contribution in [3.8, 4) is 0 Å². The molecule has 19 heavy (non-hydrogen) atoms. The first-order valence-electron chi connectivity index (χ1n) is 5.51. The first-order valence-corrected chi connectivity index (χ1v) is 5.51. The molecule has 2 unspecified atom stereocenters. The van der Waals surface area contributed by atoms with Crippen molar-refractivity contribution >= 4 is 17.3 Å². The molecule has 0 spiro atoms. The van der Waals surface area contributed by atoms with Gasteiger partial charge in [0.2, 0.25) is 0 Å². The van der Waals surface area contributed by atoms with Gasteiger partial charge in [0.15, 0.2) is 0 Å². The van der Waals surface area contributed by atoms with Crippen molar-refractivity contribution in [2.45, 2.75) is 18.6 Å². The molecule has 0 amide bonds. The minimum atomic E-state index is -1.21. The molecule has 8 heteroatoms. The van der Waals surface area contributed by atoms with Crippen molar-refractivity contribution in [2.24, 2.45) is 0 Å². The molecule has 0 radical (unpaired) electrons. The Bertz CT molecular complexity index is 536. The molecule has 2 N–H and O–H groups in total. The summed E-state index contributed by atoms with van der Waals surface area (Å²) < 4.78 is 13.2. The first-order chi connectivity index (χ1) is 8.90. The highest BCUT2D eigenvalue weighted by atomic mass is 19.1. The van der Waals surface area contributed by atoms with Gasteiger partial charge in [-0.25, -0.2) is 9.18 Å². The summed E-state index contributed by atoms with van der Waals surface area (Å²) in [6.45, 7) is -0.0821. The fraction of sp³-hybridized carbons (Fsp3) is 0.364. The minimum absolute atomic E-state index is 0.0526. The van der Waals surface area contributed by atoms with Gasteiger partial charge >= 0.3 is 5.97 Å². The van der Waals surface area contributed by atoms with Gasteiger partial charge in [-0.15, -0.1) is 0 Å². The van der Waals surface area contributed by atoms with Gasteiger partial charge < -0.3 is 15.1 Å². The average molecular weight is 270 g/mol. The van der Waals surface area contributed by atoms with E-state index in [1.807, 2.05) is 0 Å². The van der Waals surface area contributed by atoms with Gasteiger partial charge in [-0.3, -0.25) is 10.1 Å². The lowest BCUT2D eigenvalue weighted by Gasteiger charge is -2.22. The lowest BCUT2D eigenvalue weighted by molar-refractivity contribution is -0.384. The molecule has 1 aliphatic heterocycles. The van der Waals surface area contributed by atoms with Crippen LogP contribution in [0.5, 0.6) is 0 Å². The van der Waals surface area contributed by atoms with Crippen LogP contribution in [-0.4, -0.2) is 39.8 Å². The molecule has 0 bridgehead atoms. The number of rotatable bonds is 3. The second kappa shape index (κ2) is 4.81. The number of β-amino-alcohol motifs (C(OH)–C–C–N with tert-alkyl or cyclic N) is 1. The second-order valence-corrected chi connectivity index (χ2v) is 4.29. The van der Waals surface area contributed by atoms with E-state index in [9.17, 15) is 24.4 Å². The van der Waals surface area contributed by atoms with Gasteiger partial charge in [-0.05, 0) is 6.07 Å². The van der Waals surface area contributed by atoms with Crippen LogP contribution in [0.4, 0.5) is 15.8 Å². The molecule has 2 rings (SSSR count). The number of hydrogen-bond donors (Lipinski definition) is 2. The van der Waals surface area contributed by atoms with E-state index in [0.29, 0.717) is 0 Å². The van der Waals surface area contributed by atoms with Crippen LogP contribution < -0.4 is 4.90 Å². The van der Waals surface area contributed by atoms with Gasteiger partial charge in [-0.1, -0.05) is 0 Å². The molecular formula is C11H11FN2O5. The quantitative estimate of drug-likeness (QED) is 0.620. The second-order valence-electron chi connectivity index (χ2n) is 4.29. The zero-order chi connectivity index (χ0) is 14.2. The van der Waals surface area contributed by atoms with Crippen molar-refractivity contribution in [1.29, 1.82) is 0 Å². The predicted molar refractivity (Wildman–Crippen MR) is 62.4 cm³/mol. The zero-order valence-electron chi connectivity index (χ0n) is 9.69. The Morgan fingerprint density at radius 3 is 2.79 bits per heavy atom. The third-order valence-corrected chi connectivity index (χ3v) is 3.01. The first kappa shape index (κ1) is 13.2. The Balaban J connectivity index is 2.47. The largest absolute Gasteiger partial charge is 0.480 e. The Hall–Kier alpha value is -2.22. The number of nitrogens with zero attached hydrogens (tertiary/aromatic N) is 2. The molecule has 2 atom stereocenters. The monoisotopic (exact) mass is 270 g/mol. The summed E-state index contributed by atoms with van der Waals surface area (Å²) in [5, 5.41) is 29.4. The Kier molecular flexibility index (Phi) is 3.34. The van der Waals surface area contributed by atoms with Gasteiger partial charge in [0.05, 0.1) is 11.0 Å². The molecule has 0 aliphatic carbocycles. The highest BCUT2D eigenvalue weighted by Gasteiger charge is 2.38. The van der Waals surface area contributed by atoms with E-state index < -0.39 is 28.9 Å². The Morgan fingerprint density at radius 2 is 2.21 bits per heavy atom. The number of carboxylic acids is 1. The van der Waals surface area contributed by atoms with E-state index in [2.05, 4.69) is 0 Å². The highest BCUT2D eigenvalue weighted by molar-refractivity contribution is 5.81. The van der Waals surface area contributed by atoms with E-state index in [0.717, 1.165) is 23.1 Å². The van der Waals surface area contributed by atoms with Crippen molar-refractivity contribution in [1.82, 2.24) is 0 Å². The number of nitro groups is 1. The molecule has 1 aromatic rings. The van der Waals surface area contributed by atoms with Crippen LogP contribution in [0.15, 0.2) is 18.2 Å². The average Bonchev–Trinajstić information content (AvgIpc) is 2.70. The number of halogens is 1. The van der Waals surface area contributed by atoms with Crippen LogP contribution in [0.3, 0.4) is 0 Å². The van der Waals surface area contributed by atoms with Crippen LogP contribution in [0, 0.1) is 15.9 Å². The molecule has 1 fully saturated rings. The zero-order valence-corrected chi connectivity index (χ0v) is 9.69. The SMILES string of the molecule is O=C(O)C1CC(O)CN1c1cc(F)ccc1[N+](=O)[O-]. The van der Waals surface area contributed by atoms with Crippen LogP contribution in [0.1, 0.15) is 6.42 Å². The third-order valence-electron chi connectivity index (χ3n) is 3.01. The highest BCUT2D eigenvalue weighted by Crippen LogP contribution is 2.34. The lowest BCUT2D eigenvalue weighted by atomic mass is 10.2. The van der Waals surface area contributed by atoms with E-state index in [-0.39, 0.29) is 24.3 Å². The summed E-state index contributed by atoms with van der Waals surface area (Å²) >= 11 is 0. The van der Waals surface area contributed by atoms with Crippen molar-refractivity contribution in [3.05, 3.63) is 34.1 Å². The number of aliphatic carboxylic acids is 1. The van der Waals surface area contributed by atoms with Crippen molar-refractivity contribution < 1.29 is 24.3 Å². The predicted octanol–water partition coefficient (Wildman–Crippen LogP) is 0.758. The van der Waals surface area contributed by atoms with Gasteiger partial charge in [0.25, 0.3) is 5.69 Å². The molecule has 0 saturated carbocycles. The molecule has 0 aromatic heterocycles. The van der Waals surface area contributed by atoms with Crippen LogP contribution >= 0.6 is 0 Å². The maximum Gasteiger partial charge on any atom is 0.326 e. The van der Waals surface area contributed by atoms with Crippen LogP contribution in [0.25, 0.3) is 0 Å². The number of carbonyl (C=O) groups is 1. The van der Waals surface area contributed by atoms with Crippen LogP contribution in [-0.2, 0) is 4.79 Å². The summed E-state index contributed by atoms with van der Waals surface area (Å²) in [7, 11) is 0. The van der Waals surface area contributed by atoms with Crippen molar-refractivity contribution in [2.75, 3.05) is 11.4 Å². The summed E-state index contributed by atoms with van der Waals surface area (Å²) in [6.07, 6.45) is -0.966. The Morgan fingerprint density at radius 1 is 1.53 bits per heavy atom. The van der Waals surface area contributed by atoms with E-state index in [1.54, 1.807) is 0 Å². The fourth-order valence-corrected chi connectivity index (χ4v) is 2.20. The van der Waals surface area contributed by atoms with Gasteiger partial charge in [-0.2, -0.15) is 0 Å². The summed E-state index contributed by atoms with van der Waals surface area (Å²) in [5.41, 5.74) is -0.518. The lowest BCUT2D eigenvalue weighted by Crippen LogP contribution is -2.36. The van der Waals surface area contributed by atoms with E-state index in [1.165, 1.54) is 0 Å². The molecule has 1 heterocycles. The minimum Gasteiger partial charge on any atom is -0.480 e.